The van der Waals surface area contributed by atoms with Crippen LogP contribution in [0.4, 0.5) is 0 Å². The molecule has 0 radical (unpaired) electrons. The van der Waals surface area contributed by atoms with Crippen molar-refractivity contribution in [2.24, 2.45) is 10.9 Å². The number of guanidine groups is 1. The van der Waals surface area contributed by atoms with E-state index in [9.17, 15) is 4.79 Å². The molecule has 0 saturated heterocycles. The lowest BCUT2D eigenvalue weighted by Crippen LogP contribution is -2.42. The highest BCUT2D eigenvalue weighted by atomic mass is 127. The summed E-state index contributed by atoms with van der Waals surface area (Å²) >= 11 is 0. The number of hydrogen-bond donors (Lipinski definition) is 3. The summed E-state index contributed by atoms with van der Waals surface area (Å²) in [4.78, 5) is 16.1. The molecule has 25 heavy (non-hydrogen) atoms. The Balaban J connectivity index is 0.00000312. The average molecular weight is 458 g/mol. The second kappa shape index (κ2) is 13.0. The molecule has 5 nitrogen and oxygen atoms in total. The number of nitrogens with zero attached hydrogens (tertiary/aromatic N) is 1. The zero-order valence-corrected chi connectivity index (χ0v) is 17.4. The Hall–Kier alpha value is -1.31. The number of aliphatic imine (C=N–C) groups is 1. The lowest BCUT2D eigenvalue weighted by molar-refractivity contribution is -0.121. The largest absolute Gasteiger partial charge is 0.356 e. The van der Waals surface area contributed by atoms with Crippen molar-refractivity contribution in [2.45, 2.75) is 38.5 Å². The van der Waals surface area contributed by atoms with E-state index in [0.29, 0.717) is 25.4 Å². The van der Waals surface area contributed by atoms with E-state index < -0.39 is 0 Å². The second-order valence-corrected chi connectivity index (χ2v) is 6.37. The molecule has 2 rings (SSSR count). The smallest absolute Gasteiger partial charge is 0.220 e. The first-order valence-corrected chi connectivity index (χ1v) is 9.03. The molecule has 0 unspecified atom stereocenters. The zero-order chi connectivity index (χ0) is 17.0. The fourth-order valence-corrected chi connectivity index (χ4v) is 3.12. The molecule has 140 valence electrons. The Morgan fingerprint density at radius 1 is 1.04 bits per heavy atom. The van der Waals surface area contributed by atoms with Crippen molar-refractivity contribution >= 4 is 35.8 Å². The van der Waals surface area contributed by atoms with E-state index in [0.717, 1.165) is 18.9 Å². The molecule has 1 fully saturated rings. The second-order valence-electron chi connectivity index (χ2n) is 6.37. The maximum atomic E-state index is 11.9. The van der Waals surface area contributed by atoms with Crippen molar-refractivity contribution in [3.05, 3.63) is 35.9 Å². The third-order valence-electron chi connectivity index (χ3n) is 4.46. The van der Waals surface area contributed by atoms with Gasteiger partial charge in [-0.25, -0.2) is 0 Å². The van der Waals surface area contributed by atoms with E-state index >= 15 is 0 Å². The van der Waals surface area contributed by atoms with Gasteiger partial charge >= 0.3 is 0 Å². The van der Waals surface area contributed by atoms with Gasteiger partial charge in [-0.2, -0.15) is 0 Å². The van der Waals surface area contributed by atoms with E-state index in [1.165, 1.54) is 31.2 Å². The highest BCUT2D eigenvalue weighted by Gasteiger charge is 2.17. The molecule has 0 aliphatic heterocycles. The number of carbonyl (C=O) groups is 1. The maximum Gasteiger partial charge on any atom is 0.220 e. The Morgan fingerprint density at radius 2 is 1.68 bits per heavy atom. The fourth-order valence-electron chi connectivity index (χ4n) is 3.12. The van der Waals surface area contributed by atoms with Crippen molar-refractivity contribution in [1.82, 2.24) is 16.0 Å². The molecule has 1 amide bonds. The Labute approximate surface area is 168 Å². The van der Waals surface area contributed by atoms with E-state index in [-0.39, 0.29) is 29.9 Å². The molecule has 0 bridgehead atoms. The van der Waals surface area contributed by atoms with Crippen LogP contribution in [0, 0.1) is 5.92 Å². The van der Waals surface area contributed by atoms with Crippen LogP contribution in [-0.2, 0) is 11.2 Å². The van der Waals surface area contributed by atoms with Crippen LogP contribution in [0.2, 0.25) is 0 Å². The quantitative estimate of drug-likeness (QED) is 0.243. The van der Waals surface area contributed by atoms with E-state index in [2.05, 4.69) is 45.2 Å². The lowest BCUT2D eigenvalue weighted by Gasteiger charge is -2.13. The van der Waals surface area contributed by atoms with Crippen LogP contribution in [0.1, 0.15) is 37.7 Å². The van der Waals surface area contributed by atoms with Crippen LogP contribution < -0.4 is 16.0 Å². The predicted octanol–water partition coefficient (Wildman–Crippen LogP) is 2.71. The standard InChI is InChI=1S/C19H30N4O.HI/c1-20-19(22-12-11-16-7-3-2-4-8-16)23-14-13-21-18(24)15-17-9-5-6-10-17;/h2-4,7-8,17H,5-6,9-15H2,1H3,(H,21,24)(H2,20,22,23);1H. The van der Waals surface area contributed by atoms with Crippen LogP contribution in [0.3, 0.4) is 0 Å². The van der Waals surface area contributed by atoms with Gasteiger partial charge in [0.05, 0.1) is 0 Å². The van der Waals surface area contributed by atoms with Crippen LogP contribution in [0.15, 0.2) is 35.3 Å². The van der Waals surface area contributed by atoms with Gasteiger partial charge in [0.25, 0.3) is 0 Å². The van der Waals surface area contributed by atoms with Crippen LogP contribution in [0.25, 0.3) is 0 Å². The molecular formula is C19H31IN4O. The van der Waals surface area contributed by atoms with Gasteiger partial charge in [-0.3, -0.25) is 9.79 Å². The summed E-state index contributed by atoms with van der Waals surface area (Å²) < 4.78 is 0. The third-order valence-corrected chi connectivity index (χ3v) is 4.46. The van der Waals surface area contributed by atoms with E-state index in [4.69, 9.17) is 0 Å². The van der Waals surface area contributed by atoms with E-state index in [1.807, 2.05) is 6.07 Å². The van der Waals surface area contributed by atoms with Gasteiger partial charge < -0.3 is 16.0 Å². The molecule has 1 saturated carbocycles. The Bertz CT molecular complexity index is 515. The number of carbonyl (C=O) groups excluding carboxylic acids is 1. The average Bonchev–Trinajstić information content (AvgIpc) is 3.11. The van der Waals surface area contributed by atoms with Gasteiger partial charge in [0.2, 0.25) is 5.91 Å². The summed E-state index contributed by atoms with van der Waals surface area (Å²) in [5.41, 5.74) is 1.31. The number of nitrogens with one attached hydrogen (secondary N) is 3. The summed E-state index contributed by atoms with van der Waals surface area (Å²) in [6.07, 6.45) is 6.63. The van der Waals surface area contributed by atoms with Gasteiger partial charge in [0.1, 0.15) is 0 Å². The monoisotopic (exact) mass is 458 g/mol. The van der Waals surface area contributed by atoms with Crippen molar-refractivity contribution < 1.29 is 4.79 Å². The van der Waals surface area contributed by atoms with Gasteiger partial charge in [-0.15, -0.1) is 24.0 Å². The van der Waals surface area contributed by atoms with Crippen molar-refractivity contribution in [1.29, 1.82) is 0 Å². The van der Waals surface area contributed by atoms with E-state index in [1.54, 1.807) is 7.05 Å². The summed E-state index contributed by atoms with van der Waals surface area (Å²) in [5.74, 6) is 1.55. The molecule has 1 aromatic carbocycles. The van der Waals surface area contributed by atoms with Gasteiger partial charge in [-0.1, -0.05) is 43.2 Å². The molecule has 1 aliphatic carbocycles. The van der Waals surface area contributed by atoms with Gasteiger partial charge in [0, 0.05) is 33.1 Å². The third kappa shape index (κ3) is 9.09. The summed E-state index contributed by atoms with van der Waals surface area (Å²) in [6.45, 7) is 2.14. The normalized spacial score (nSPS) is 14.7. The molecule has 3 N–H and O–H groups in total. The molecule has 0 atom stereocenters. The van der Waals surface area contributed by atoms with Crippen molar-refractivity contribution in [2.75, 3.05) is 26.7 Å². The number of halogens is 1. The SMILES string of the molecule is CN=C(NCCNC(=O)CC1CCCC1)NCCc1ccccc1.I. The van der Waals surface area contributed by atoms with Gasteiger partial charge in [0.15, 0.2) is 5.96 Å². The number of benzene rings is 1. The van der Waals surface area contributed by atoms with Crippen LogP contribution in [-0.4, -0.2) is 38.5 Å². The minimum atomic E-state index is 0. The van der Waals surface area contributed by atoms with Crippen molar-refractivity contribution in [3.63, 3.8) is 0 Å². The van der Waals surface area contributed by atoms with Crippen LogP contribution in [0.5, 0.6) is 0 Å². The summed E-state index contributed by atoms with van der Waals surface area (Å²) in [6, 6.07) is 10.4. The highest BCUT2D eigenvalue weighted by molar-refractivity contribution is 14.0. The number of hydrogen-bond acceptors (Lipinski definition) is 2. The van der Waals surface area contributed by atoms with Crippen molar-refractivity contribution in [3.8, 4) is 0 Å². The molecule has 0 aromatic heterocycles. The summed E-state index contributed by atoms with van der Waals surface area (Å²) in [7, 11) is 1.76. The Kier molecular flexibility index (Phi) is 11.3. The minimum Gasteiger partial charge on any atom is -0.356 e. The number of amides is 1. The number of rotatable bonds is 8. The zero-order valence-electron chi connectivity index (χ0n) is 15.1. The maximum absolute atomic E-state index is 11.9. The molecular weight excluding hydrogens is 427 g/mol. The van der Waals surface area contributed by atoms with Gasteiger partial charge in [-0.05, 0) is 30.7 Å². The lowest BCUT2D eigenvalue weighted by atomic mass is 10.0. The molecule has 6 heteroatoms. The molecule has 1 aromatic rings. The minimum absolute atomic E-state index is 0. The molecule has 0 heterocycles. The first-order chi connectivity index (χ1) is 11.8. The predicted molar refractivity (Wildman–Crippen MR) is 115 cm³/mol. The first kappa shape index (κ1) is 21.7. The summed E-state index contributed by atoms with van der Waals surface area (Å²) in [5, 5.41) is 9.51. The van der Waals surface area contributed by atoms with Crippen LogP contribution >= 0.6 is 24.0 Å². The first-order valence-electron chi connectivity index (χ1n) is 9.03. The fraction of sp³-hybridized carbons (Fsp3) is 0.579. The Morgan fingerprint density at radius 3 is 2.36 bits per heavy atom. The molecule has 1 aliphatic rings. The molecule has 0 spiro atoms. The highest BCUT2D eigenvalue weighted by Crippen LogP contribution is 2.27. The topological polar surface area (TPSA) is 65.5 Å².